The Morgan fingerprint density at radius 1 is 1.18 bits per heavy atom. The first-order valence-electron chi connectivity index (χ1n) is 11.5. The highest BCUT2D eigenvalue weighted by Crippen LogP contribution is 2.54. The van der Waals surface area contributed by atoms with Gasteiger partial charge in [-0.05, 0) is 63.9 Å². The summed E-state index contributed by atoms with van der Waals surface area (Å²) in [5.41, 5.74) is 1.70. The number of phenols is 1. The Balaban J connectivity index is 1.28. The van der Waals surface area contributed by atoms with Gasteiger partial charge in [0.1, 0.15) is 5.60 Å². The molecule has 7 nitrogen and oxygen atoms in total. The van der Waals surface area contributed by atoms with Gasteiger partial charge in [-0.3, -0.25) is 14.5 Å². The lowest BCUT2D eigenvalue weighted by Crippen LogP contribution is -2.54. The molecule has 2 aromatic carbocycles. The van der Waals surface area contributed by atoms with Crippen LogP contribution in [0.3, 0.4) is 0 Å². The average molecular weight is 451 g/mol. The maximum Gasteiger partial charge on any atom is 0.238 e. The summed E-state index contributed by atoms with van der Waals surface area (Å²) >= 11 is 0. The van der Waals surface area contributed by atoms with Crippen LogP contribution in [0.15, 0.2) is 42.5 Å². The van der Waals surface area contributed by atoms with E-state index < -0.39 is 5.60 Å². The Kier molecular flexibility index (Phi) is 5.41. The van der Waals surface area contributed by atoms with E-state index in [0.29, 0.717) is 17.0 Å². The maximum absolute atomic E-state index is 12.8. The largest absolute Gasteiger partial charge is 0.504 e. The molecule has 3 heterocycles. The first-order chi connectivity index (χ1) is 15.7. The van der Waals surface area contributed by atoms with Gasteiger partial charge in [0.2, 0.25) is 5.91 Å². The van der Waals surface area contributed by atoms with Crippen molar-refractivity contribution < 1.29 is 24.2 Å². The van der Waals surface area contributed by atoms with Crippen LogP contribution in [0.5, 0.6) is 11.5 Å². The molecule has 2 saturated heterocycles. The number of nitrogens with one attached hydrogen (secondary N) is 1. The Bertz CT molecular complexity index is 1080. The average Bonchev–Trinajstić information content (AvgIpc) is 3.15. The molecule has 0 aromatic heterocycles. The summed E-state index contributed by atoms with van der Waals surface area (Å²) in [6.07, 6.45) is 1.63. The molecule has 0 aliphatic carbocycles. The van der Waals surface area contributed by atoms with Crippen molar-refractivity contribution in [3.8, 4) is 11.5 Å². The number of phenolic OH excluding ortho intramolecular Hbond substituents is 1. The molecule has 0 saturated carbocycles. The first kappa shape index (κ1) is 21.9. The number of Topliss-reactive ketones (excluding diaryl/α,β-unsaturated/α-hetero) is 1. The molecule has 1 amide bonds. The lowest BCUT2D eigenvalue weighted by molar-refractivity contribution is -0.162. The van der Waals surface area contributed by atoms with E-state index in [1.165, 1.54) is 6.92 Å². The molecule has 2 N–H and O–H groups in total. The summed E-state index contributed by atoms with van der Waals surface area (Å²) in [6.45, 7) is 6.68. The molecule has 5 rings (SSSR count). The van der Waals surface area contributed by atoms with Crippen molar-refractivity contribution in [2.75, 3.05) is 18.4 Å². The van der Waals surface area contributed by atoms with E-state index in [9.17, 15) is 14.7 Å². The normalized spacial score (nSPS) is 27.6. The summed E-state index contributed by atoms with van der Waals surface area (Å²) in [6, 6.07) is 12.5. The number of likely N-dealkylation sites (tertiary alicyclic amines) is 1. The molecule has 33 heavy (non-hydrogen) atoms. The molecule has 7 heteroatoms. The summed E-state index contributed by atoms with van der Waals surface area (Å²) < 4.78 is 12.8. The molecule has 0 unspecified atom stereocenters. The Morgan fingerprint density at radius 3 is 2.67 bits per heavy atom. The van der Waals surface area contributed by atoms with Gasteiger partial charge < -0.3 is 19.9 Å². The second-order valence-electron chi connectivity index (χ2n) is 9.85. The summed E-state index contributed by atoms with van der Waals surface area (Å²) in [7, 11) is 0. The van der Waals surface area contributed by atoms with Crippen LogP contribution in [0.2, 0.25) is 0 Å². The lowest BCUT2D eigenvalue weighted by atomic mass is 9.74. The van der Waals surface area contributed by atoms with Crippen LogP contribution in [0.1, 0.15) is 55.6 Å². The monoisotopic (exact) mass is 450 g/mol. The van der Waals surface area contributed by atoms with Gasteiger partial charge in [0.25, 0.3) is 0 Å². The Labute approximate surface area is 193 Å². The SMILES string of the molecule is CC(=O)c1ccc(NC(=O)CN2CC[C@H]3O[C@H]4c5cccc(O)c5OC(C)(C)[C@@H]4C[C@H]32)cc1. The fourth-order valence-electron chi connectivity index (χ4n) is 5.54. The third kappa shape index (κ3) is 4.00. The fourth-order valence-corrected chi connectivity index (χ4v) is 5.54. The molecule has 2 aromatic rings. The topological polar surface area (TPSA) is 88.1 Å². The second kappa shape index (κ2) is 8.15. The van der Waals surface area contributed by atoms with Crippen LogP contribution < -0.4 is 10.1 Å². The van der Waals surface area contributed by atoms with E-state index in [1.54, 1.807) is 30.3 Å². The number of hydrogen-bond acceptors (Lipinski definition) is 6. The van der Waals surface area contributed by atoms with Crippen LogP contribution in [0.25, 0.3) is 0 Å². The summed E-state index contributed by atoms with van der Waals surface area (Å²) in [5.74, 6) is 0.690. The van der Waals surface area contributed by atoms with E-state index in [-0.39, 0.29) is 48.2 Å². The van der Waals surface area contributed by atoms with Gasteiger partial charge >= 0.3 is 0 Å². The van der Waals surface area contributed by atoms with Crippen LogP contribution in [0, 0.1) is 5.92 Å². The van der Waals surface area contributed by atoms with Crippen LogP contribution >= 0.6 is 0 Å². The van der Waals surface area contributed by atoms with Crippen molar-refractivity contribution in [3.05, 3.63) is 53.6 Å². The standard InChI is InChI=1S/C26H30N2O5/c1-15(29)16-7-9-17(10-8-16)27-23(31)14-28-12-11-22-20(28)13-19-24(32-22)18-5-4-6-21(30)25(18)33-26(19,2)3/h4-10,19-20,22,24,30H,11-14H2,1-3H3,(H,27,31)/t19-,20-,22-,24+/m1/s1. The molecule has 3 aliphatic heterocycles. The summed E-state index contributed by atoms with van der Waals surface area (Å²) in [5, 5.41) is 13.3. The number of aromatic hydroxyl groups is 1. The molecular weight excluding hydrogens is 420 g/mol. The number of ether oxygens (including phenoxy) is 2. The third-order valence-corrected chi connectivity index (χ3v) is 7.29. The number of amides is 1. The third-order valence-electron chi connectivity index (χ3n) is 7.29. The van der Waals surface area contributed by atoms with Gasteiger partial charge in [0.05, 0.1) is 18.8 Å². The van der Waals surface area contributed by atoms with E-state index in [1.807, 2.05) is 26.0 Å². The summed E-state index contributed by atoms with van der Waals surface area (Å²) in [4.78, 5) is 26.4. The number of ketones is 1. The maximum atomic E-state index is 12.8. The predicted octanol–water partition coefficient (Wildman–Crippen LogP) is 3.93. The highest BCUT2D eigenvalue weighted by atomic mass is 16.5. The minimum atomic E-state index is -0.504. The number of fused-ring (bicyclic) bond motifs is 4. The number of rotatable bonds is 4. The van der Waals surface area contributed by atoms with E-state index in [0.717, 1.165) is 24.9 Å². The van der Waals surface area contributed by atoms with Gasteiger partial charge in [-0.2, -0.15) is 0 Å². The van der Waals surface area contributed by atoms with Crippen LogP contribution in [-0.2, 0) is 9.53 Å². The number of nitrogens with zero attached hydrogens (tertiary/aromatic N) is 1. The lowest BCUT2D eigenvalue weighted by Gasteiger charge is -2.50. The molecule has 0 bridgehead atoms. The second-order valence-corrected chi connectivity index (χ2v) is 9.85. The van der Waals surface area contributed by atoms with E-state index >= 15 is 0 Å². The number of carbonyl (C=O) groups excluding carboxylic acids is 2. The molecule has 0 spiro atoms. The zero-order valence-electron chi connectivity index (χ0n) is 19.2. The van der Waals surface area contributed by atoms with Crippen LogP contribution in [0.4, 0.5) is 5.69 Å². The molecule has 3 aliphatic rings. The molecule has 2 fully saturated rings. The number of hydrogen-bond donors (Lipinski definition) is 2. The smallest absolute Gasteiger partial charge is 0.238 e. The molecular formula is C26H30N2O5. The highest BCUT2D eigenvalue weighted by molar-refractivity contribution is 5.96. The quantitative estimate of drug-likeness (QED) is 0.687. The van der Waals surface area contributed by atoms with Crippen LogP contribution in [-0.4, -0.2) is 52.5 Å². The van der Waals surface area contributed by atoms with E-state index in [4.69, 9.17) is 9.47 Å². The zero-order valence-corrected chi connectivity index (χ0v) is 19.2. The van der Waals surface area contributed by atoms with Crippen molar-refractivity contribution in [2.24, 2.45) is 5.92 Å². The zero-order chi connectivity index (χ0) is 23.3. The van der Waals surface area contributed by atoms with E-state index in [2.05, 4.69) is 10.2 Å². The van der Waals surface area contributed by atoms with Gasteiger partial charge in [-0.1, -0.05) is 12.1 Å². The van der Waals surface area contributed by atoms with Crippen molar-refractivity contribution >= 4 is 17.4 Å². The van der Waals surface area contributed by atoms with Gasteiger partial charge in [-0.25, -0.2) is 0 Å². The predicted molar refractivity (Wildman–Crippen MR) is 124 cm³/mol. The van der Waals surface area contributed by atoms with Gasteiger partial charge in [-0.15, -0.1) is 0 Å². The number of para-hydroxylation sites is 1. The minimum Gasteiger partial charge on any atom is -0.504 e. The fraction of sp³-hybridized carbons (Fsp3) is 0.462. The molecule has 0 radical (unpaired) electrons. The Hall–Kier alpha value is -2.90. The van der Waals surface area contributed by atoms with Crippen molar-refractivity contribution in [3.63, 3.8) is 0 Å². The minimum absolute atomic E-state index is 0.000889. The molecule has 4 atom stereocenters. The number of benzene rings is 2. The van der Waals surface area contributed by atoms with Crippen molar-refractivity contribution in [2.45, 2.75) is 57.5 Å². The van der Waals surface area contributed by atoms with Crippen molar-refractivity contribution in [1.82, 2.24) is 4.90 Å². The van der Waals surface area contributed by atoms with Gasteiger partial charge in [0, 0.05) is 35.3 Å². The first-order valence-corrected chi connectivity index (χ1v) is 11.5. The number of anilines is 1. The van der Waals surface area contributed by atoms with Crippen molar-refractivity contribution in [1.29, 1.82) is 0 Å². The number of carbonyl (C=O) groups is 2. The Morgan fingerprint density at radius 2 is 1.94 bits per heavy atom. The van der Waals surface area contributed by atoms with Gasteiger partial charge in [0.15, 0.2) is 17.3 Å². The molecule has 174 valence electrons. The highest BCUT2D eigenvalue weighted by Gasteiger charge is 2.53.